The fourth-order valence-electron chi connectivity index (χ4n) is 0.947. The van der Waals surface area contributed by atoms with Crippen LogP contribution in [0.3, 0.4) is 0 Å². The Hall–Kier alpha value is -1.81. The normalized spacial score (nSPS) is 9.63. The summed E-state index contributed by atoms with van der Waals surface area (Å²) in [6, 6.07) is 4.05. The summed E-state index contributed by atoms with van der Waals surface area (Å²) in [6.07, 6.45) is 1.63. The number of carbonyl (C=O) groups excluding carboxylic acids is 1. The number of hydrogen-bond donors (Lipinski definition) is 2. The zero-order valence-electron chi connectivity index (χ0n) is 11.1. The van der Waals surface area contributed by atoms with Crippen molar-refractivity contribution in [2.45, 2.75) is 13.8 Å². The van der Waals surface area contributed by atoms with Gasteiger partial charge in [-0.3, -0.25) is 4.79 Å². The smallest absolute Gasteiger partial charge is 0.292 e. The predicted molar refractivity (Wildman–Crippen MR) is 77.3 cm³/mol. The molecule has 0 atom stereocenters. The van der Waals surface area contributed by atoms with Gasteiger partial charge in [-0.1, -0.05) is 0 Å². The number of nitrogens with two attached hydrogens (primary N) is 1. The highest BCUT2D eigenvalue weighted by Gasteiger charge is 2.16. The fraction of sp³-hybridized carbons (Fsp3) is 0.417. The summed E-state index contributed by atoms with van der Waals surface area (Å²) in [5.41, 5.74) is 6.00. The maximum absolute atomic E-state index is 8.95. The molecule has 0 amide bonds. The highest BCUT2D eigenvalue weighted by molar-refractivity contribution is 9.10. The molecule has 0 saturated carbocycles. The molecule has 0 aliphatic carbocycles. The molecule has 19 heavy (non-hydrogen) atoms. The summed E-state index contributed by atoms with van der Waals surface area (Å²) >= 11 is 3.31. The molecule has 0 bridgehead atoms. The maximum Gasteiger partial charge on any atom is 0.292 e. The first-order valence-corrected chi connectivity index (χ1v) is 6.18. The van der Waals surface area contributed by atoms with Gasteiger partial charge in [0.2, 0.25) is 0 Å². The van der Waals surface area contributed by atoms with Crippen LogP contribution in [0.25, 0.3) is 0 Å². The number of carbonyl (C=O) groups is 1. The summed E-state index contributed by atoms with van der Waals surface area (Å²) in [6.45, 7) is 4.63. The standard InChI is InChI=1S/C10H13BrN4.C2H4O2/c1-10(2,5-12)6-15-8-3-7(11)4-14-9(8)13;1-4-2-3/h3-4,15H,6H2,1-2H3,(H2,13,14);2H,1H3. The van der Waals surface area contributed by atoms with E-state index in [4.69, 9.17) is 15.8 Å². The van der Waals surface area contributed by atoms with Crippen LogP contribution in [0.4, 0.5) is 11.5 Å². The van der Waals surface area contributed by atoms with E-state index in [1.165, 1.54) is 7.11 Å². The Kier molecular flexibility index (Phi) is 7.53. The lowest BCUT2D eigenvalue weighted by molar-refractivity contribution is -0.126. The number of ether oxygens (including phenoxy) is 1. The van der Waals surface area contributed by atoms with Gasteiger partial charge in [0.05, 0.1) is 24.3 Å². The highest BCUT2D eigenvalue weighted by atomic mass is 79.9. The molecule has 7 heteroatoms. The van der Waals surface area contributed by atoms with Crippen LogP contribution >= 0.6 is 15.9 Å². The van der Waals surface area contributed by atoms with Crippen LogP contribution in [-0.4, -0.2) is 25.1 Å². The van der Waals surface area contributed by atoms with Crippen molar-refractivity contribution in [1.29, 1.82) is 5.26 Å². The predicted octanol–water partition coefficient (Wildman–Crippen LogP) is 2.18. The maximum atomic E-state index is 8.95. The highest BCUT2D eigenvalue weighted by Crippen LogP contribution is 2.22. The second kappa shape index (κ2) is 8.32. The monoisotopic (exact) mass is 328 g/mol. The summed E-state index contributed by atoms with van der Waals surface area (Å²) in [4.78, 5) is 12.9. The summed E-state index contributed by atoms with van der Waals surface area (Å²) < 4.78 is 4.72. The van der Waals surface area contributed by atoms with Gasteiger partial charge < -0.3 is 15.8 Å². The second-order valence-electron chi connectivity index (χ2n) is 4.27. The van der Waals surface area contributed by atoms with Gasteiger partial charge in [-0.25, -0.2) is 4.98 Å². The van der Waals surface area contributed by atoms with Gasteiger partial charge in [-0.05, 0) is 35.8 Å². The van der Waals surface area contributed by atoms with E-state index in [0.717, 1.165) is 10.2 Å². The van der Waals surface area contributed by atoms with Gasteiger partial charge in [0.1, 0.15) is 5.82 Å². The van der Waals surface area contributed by atoms with Gasteiger partial charge in [-0.15, -0.1) is 0 Å². The van der Waals surface area contributed by atoms with Gasteiger partial charge in [0.25, 0.3) is 6.47 Å². The summed E-state index contributed by atoms with van der Waals surface area (Å²) in [5.74, 6) is 0.437. The van der Waals surface area contributed by atoms with E-state index < -0.39 is 5.41 Å². The zero-order chi connectivity index (χ0) is 14.9. The van der Waals surface area contributed by atoms with Gasteiger partial charge >= 0.3 is 0 Å². The Morgan fingerprint density at radius 2 is 2.26 bits per heavy atom. The Morgan fingerprint density at radius 3 is 2.74 bits per heavy atom. The van der Waals surface area contributed by atoms with E-state index in [-0.39, 0.29) is 0 Å². The molecule has 0 fully saturated rings. The van der Waals surface area contributed by atoms with Crippen molar-refractivity contribution in [3.8, 4) is 6.07 Å². The molecule has 1 heterocycles. The Bertz CT molecular complexity index is 458. The topological polar surface area (TPSA) is 101 Å². The molecule has 0 aliphatic rings. The molecule has 0 radical (unpaired) electrons. The third-order valence-electron chi connectivity index (χ3n) is 2.00. The largest absolute Gasteiger partial charge is 0.471 e. The average Bonchev–Trinajstić information content (AvgIpc) is 2.40. The summed E-state index contributed by atoms with van der Waals surface area (Å²) in [5, 5.41) is 12.0. The molecule has 104 valence electrons. The molecule has 0 spiro atoms. The number of rotatable bonds is 4. The van der Waals surface area contributed by atoms with Crippen LogP contribution in [0.5, 0.6) is 0 Å². The third-order valence-corrected chi connectivity index (χ3v) is 2.44. The number of nitriles is 1. The number of nitrogen functional groups attached to an aromatic ring is 1. The van der Waals surface area contributed by atoms with Crippen molar-refractivity contribution in [3.63, 3.8) is 0 Å². The number of aromatic nitrogens is 1. The number of pyridine rings is 1. The van der Waals surface area contributed by atoms with Crippen molar-refractivity contribution < 1.29 is 9.53 Å². The molecule has 6 nitrogen and oxygen atoms in total. The van der Waals surface area contributed by atoms with Crippen molar-refractivity contribution in [2.24, 2.45) is 5.41 Å². The van der Waals surface area contributed by atoms with E-state index in [0.29, 0.717) is 18.8 Å². The van der Waals surface area contributed by atoms with Crippen LogP contribution in [0.1, 0.15) is 13.8 Å². The number of anilines is 2. The van der Waals surface area contributed by atoms with Crippen molar-refractivity contribution in [3.05, 3.63) is 16.7 Å². The second-order valence-corrected chi connectivity index (χ2v) is 5.18. The molecule has 0 aromatic carbocycles. The van der Waals surface area contributed by atoms with Gasteiger partial charge in [0, 0.05) is 17.2 Å². The van der Waals surface area contributed by atoms with E-state index in [2.05, 4.69) is 37.0 Å². The van der Waals surface area contributed by atoms with Gasteiger partial charge in [0.15, 0.2) is 0 Å². The van der Waals surface area contributed by atoms with Crippen LogP contribution in [-0.2, 0) is 9.53 Å². The van der Waals surface area contributed by atoms with Crippen molar-refractivity contribution >= 4 is 33.9 Å². The first-order valence-electron chi connectivity index (χ1n) is 5.39. The van der Waals surface area contributed by atoms with E-state index >= 15 is 0 Å². The quantitative estimate of drug-likeness (QED) is 0.821. The minimum atomic E-state index is -0.422. The van der Waals surface area contributed by atoms with E-state index in [9.17, 15) is 0 Å². The molecule has 1 rings (SSSR count). The summed E-state index contributed by atoms with van der Waals surface area (Å²) in [7, 11) is 1.31. The first-order chi connectivity index (χ1) is 8.86. The molecule has 3 N–H and O–H groups in total. The van der Waals surface area contributed by atoms with Crippen molar-refractivity contribution in [1.82, 2.24) is 4.98 Å². The number of hydrogen-bond acceptors (Lipinski definition) is 6. The van der Waals surface area contributed by atoms with Gasteiger partial charge in [-0.2, -0.15) is 5.26 Å². The Morgan fingerprint density at radius 1 is 1.68 bits per heavy atom. The molecular weight excluding hydrogens is 312 g/mol. The molecule has 0 unspecified atom stereocenters. The van der Waals surface area contributed by atoms with Crippen LogP contribution in [0.2, 0.25) is 0 Å². The van der Waals surface area contributed by atoms with Crippen LogP contribution in [0, 0.1) is 16.7 Å². The molecule has 0 saturated heterocycles. The SMILES string of the molecule is CC(C)(C#N)CNc1cc(Br)cnc1N.COC=O. The zero-order valence-corrected chi connectivity index (χ0v) is 12.7. The van der Waals surface area contributed by atoms with Crippen LogP contribution in [0.15, 0.2) is 16.7 Å². The first kappa shape index (κ1) is 17.2. The van der Waals surface area contributed by atoms with Crippen molar-refractivity contribution in [2.75, 3.05) is 24.7 Å². The molecule has 1 aromatic rings. The number of nitrogens with zero attached hydrogens (tertiary/aromatic N) is 2. The Balaban J connectivity index is 0.000000711. The van der Waals surface area contributed by atoms with E-state index in [1.54, 1.807) is 6.20 Å². The average molecular weight is 329 g/mol. The minimum absolute atomic E-state index is 0.375. The van der Waals surface area contributed by atoms with E-state index in [1.807, 2.05) is 19.9 Å². The lowest BCUT2D eigenvalue weighted by Crippen LogP contribution is -2.21. The number of halogens is 1. The fourth-order valence-corrected chi connectivity index (χ4v) is 1.28. The minimum Gasteiger partial charge on any atom is -0.471 e. The molecule has 1 aromatic heterocycles. The third kappa shape index (κ3) is 7.26. The molecule has 0 aliphatic heterocycles. The Labute approximate surface area is 121 Å². The van der Waals surface area contributed by atoms with Crippen LogP contribution < -0.4 is 11.1 Å². The molecular formula is C12H17BrN4O2. The number of methoxy groups -OCH3 is 1. The lowest BCUT2D eigenvalue weighted by Gasteiger charge is -2.17. The number of nitrogens with one attached hydrogen (secondary N) is 1. The lowest BCUT2D eigenvalue weighted by atomic mass is 9.96.